The Morgan fingerprint density at radius 3 is 2.42 bits per heavy atom. The van der Waals surface area contributed by atoms with Crippen LogP contribution < -0.4 is 4.90 Å². The minimum atomic E-state index is 0.106. The third-order valence-corrected chi connectivity index (χ3v) is 5.07. The number of amides is 1. The van der Waals surface area contributed by atoms with E-state index in [4.69, 9.17) is 0 Å². The van der Waals surface area contributed by atoms with Crippen LogP contribution in [0.3, 0.4) is 0 Å². The number of piperazine rings is 1. The van der Waals surface area contributed by atoms with E-state index in [2.05, 4.69) is 39.4 Å². The van der Waals surface area contributed by atoms with E-state index in [9.17, 15) is 4.79 Å². The number of aromatic nitrogens is 3. The minimum Gasteiger partial charge on any atom is -0.337 e. The molecule has 0 bridgehead atoms. The highest BCUT2D eigenvalue weighted by Crippen LogP contribution is 2.19. The molecule has 1 fully saturated rings. The number of rotatable bonds is 3. The van der Waals surface area contributed by atoms with E-state index in [0.29, 0.717) is 13.1 Å². The lowest BCUT2D eigenvalue weighted by molar-refractivity contribution is 0.0746. The summed E-state index contributed by atoms with van der Waals surface area (Å²) in [5.74, 6) is 0.965. The first-order valence-corrected chi connectivity index (χ1v) is 9.11. The average molecular weight is 349 g/mol. The third-order valence-electron chi connectivity index (χ3n) is 5.07. The number of nitrogens with zero attached hydrogens (tertiary/aromatic N) is 5. The maximum absolute atomic E-state index is 12.7. The molecule has 0 radical (unpaired) electrons. The van der Waals surface area contributed by atoms with Gasteiger partial charge in [-0.05, 0) is 43.2 Å². The fourth-order valence-electron chi connectivity index (χ4n) is 3.46. The Morgan fingerprint density at radius 1 is 1.00 bits per heavy atom. The summed E-state index contributed by atoms with van der Waals surface area (Å²) < 4.78 is 2.07. The number of hydrogen-bond acceptors (Lipinski definition) is 4. The quantitative estimate of drug-likeness (QED) is 0.729. The molecule has 134 valence electrons. The van der Waals surface area contributed by atoms with Gasteiger partial charge < -0.3 is 9.80 Å². The molecule has 2 aromatic heterocycles. The van der Waals surface area contributed by atoms with Gasteiger partial charge >= 0.3 is 0 Å². The lowest BCUT2D eigenvalue weighted by atomic mass is 10.1. The van der Waals surface area contributed by atoms with Gasteiger partial charge in [-0.3, -0.25) is 9.20 Å². The Labute approximate surface area is 153 Å². The molecule has 0 saturated carbocycles. The maximum Gasteiger partial charge on any atom is 0.253 e. The van der Waals surface area contributed by atoms with Crippen LogP contribution in [0.15, 0.2) is 42.5 Å². The normalized spacial score (nSPS) is 14.8. The predicted molar refractivity (Wildman–Crippen MR) is 102 cm³/mol. The zero-order chi connectivity index (χ0) is 18.1. The number of hydrogen-bond donors (Lipinski definition) is 0. The van der Waals surface area contributed by atoms with Gasteiger partial charge in [0, 0.05) is 37.4 Å². The molecule has 1 aliphatic rings. The summed E-state index contributed by atoms with van der Waals surface area (Å²) in [7, 11) is 0. The van der Waals surface area contributed by atoms with Crippen LogP contribution in [-0.2, 0) is 6.42 Å². The summed E-state index contributed by atoms with van der Waals surface area (Å²) in [4.78, 5) is 16.9. The molecule has 1 saturated heterocycles. The second-order valence-electron chi connectivity index (χ2n) is 6.69. The summed E-state index contributed by atoms with van der Waals surface area (Å²) in [5.41, 5.74) is 3.98. The van der Waals surface area contributed by atoms with Crippen LogP contribution in [0.2, 0.25) is 0 Å². The van der Waals surface area contributed by atoms with Crippen molar-refractivity contribution in [3.05, 3.63) is 59.3 Å². The van der Waals surface area contributed by atoms with Gasteiger partial charge in [-0.1, -0.05) is 25.1 Å². The zero-order valence-corrected chi connectivity index (χ0v) is 15.2. The highest BCUT2D eigenvalue weighted by Gasteiger charge is 2.25. The fraction of sp³-hybridized carbons (Fsp3) is 0.350. The van der Waals surface area contributed by atoms with Crippen LogP contribution in [0.25, 0.3) is 5.65 Å². The highest BCUT2D eigenvalue weighted by molar-refractivity contribution is 5.94. The Kier molecular flexibility index (Phi) is 4.32. The van der Waals surface area contributed by atoms with Gasteiger partial charge in [0.1, 0.15) is 0 Å². The van der Waals surface area contributed by atoms with Crippen molar-refractivity contribution in [3.63, 3.8) is 0 Å². The van der Waals surface area contributed by atoms with Crippen LogP contribution in [0.1, 0.15) is 28.5 Å². The first kappa shape index (κ1) is 16.6. The summed E-state index contributed by atoms with van der Waals surface area (Å²) in [6.07, 6.45) is 0.985. The lowest BCUT2D eigenvalue weighted by Gasteiger charge is -2.34. The van der Waals surface area contributed by atoms with Crippen LogP contribution in [-0.4, -0.2) is 51.6 Å². The zero-order valence-electron chi connectivity index (χ0n) is 15.2. The van der Waals surface area contributed by atoms with Crippen LogP contribution in [0.5, 0.6) is 0 Å². The van der Waals surface area contributed by atoms with Crippen LogP contribution in [0.4, 0.5) is 5.95 Å². The molecule has 1 aromatic carbocycles. The van der Waals surface area contributed by atoms with E-state index >= 15 is 0 Å². The van der Waals surface area contributed by atoms with Crippen molar-refractivity contribution in [2.75, 3.05) is 31.1 Å². The van der Waals surface area contributed by atoms with Gasteiger partial charge in [0.25, 0.3) is 5.91 Å². The van der Waals surface area contributed by atoms with Crippen molar-refractivity contribution in [1.82, 2.24) is 19.5 Å². The number of carbonyl (C=O) groups is 1. The van der Waals surface area contributed by atoms with Gasteiger partial charge in [0.05, 0.1) is 0 Å². The van der Waals surface area contributed by atoms with E-state index in [1.165, 1.54) is 5.56 Å². The van der Waals surface area contributed by atoms with Gasteiger partial charge in [-0.2, -0.15) is 0 Å². The highest BCUT2D eigenvalue weighted by atomic mass is 16.2. The molecule has 0 unspecified atom stereocenters. The summed E-state index contributed by atoms with van der Waals surface area (Å²) >= 11 is 0. The second-order valence-corrected chi connectivity index (χ2v) is 6.69. The summed E-state index contributed by atoms with van der Waals surface area (Å²) in [6.45, 7) is 7.07. The first-order chi connectivity index (χ1) is 12.7. The van der Waals surface area contributed by atoms with E-state index in [1.807, 2.05) is 41.3 Å². The molecule has 1 aliphatic heterocycles. The van der Waals surface area contributed by atoms with Crippen molar-refractivity contribution < 1.29 is 4.79 Å². The molecular weight excluding hydrogens is 326 g/mol. The number of anilines is 1. The summed E-state index contributed by atoms with van der Waals surface area (Å²) in [6, 6.07) is 13.9. The maximum atomic E-state index is 12.7. The fourth-order valence-corrected chi connectivity index (χ4v) is 3.46. The monoisotopic (exact) mass is 349 g/mol. The van der Waals surface area contributed by atoms with Gasteiger partial charge in [0.15, 0.2) is 5.65 Å². The van der Waals surface area contributed by atoms with Crippen molar-refractivity contribution in [2.45, 2.75) is 20.3 Å². The Morgan fingerprint density at radius 2 is 1.73 bits per heavy atom. The molecule has 6 nitrogen and oxygen atoms in total. The van der Waals surface area contributed by atoms with E-state index in [1.54, 1.807) is 0 Å². The Balaban J connectivity index is 1.47. The minimum absolute atomic E-state index is 0.106. The van der Waals surface area contributed by atoms with Gasteiger partial charge in [0.2, 0.25) is 5.95 Å². The summed E-state index contributed by atoms with van der Waals surface area (Å²) in [5, 5.41) is 8.63. The van der Waals surface area contributed by atoms with E-state index < -0.39 is 0 Å². The molecule has 1 amide bonds. The number of fused-ring (bicyclic) bond motifs is 1. The van der Waals surface area contributed by atoms with Crippen molar-refractivity contribution in [3.8, 4) is 0 Å². The molecule has 3 heterocycles. The van der Waals surface area contributed by atoms with E-state index in [-0.39, 0.29) is 5.91 Å². The number of pyridine rings is 1. The average Bonchev–Trinajstić information content (AvgIpc) is 3.13. The molecule has 6 heteroatoms. The number of benzene rings is 1. The topological polar surface area (TPSA) is 53.7 Å². The van der Waals surface area contributed by atoms with Crippen molar-refractivity contribution in [1.29, 1.82) is 0 Å². The second kappa shape index (κ2) is 6.78. The Bertz CT molecular complexity index is 923. The first-order valence-electron chi connectivity index (χ1n) is 9.11. The number of aryl methyl sites for hydroxylation is 2. The number of carbonyl (C=O) groups excluding carboxylic acids is 1. The van der Waals surface area contributed by atoms with Crippen LogP contribution in [0, 0.1) is 6.92 Å². The molecule has 3 aromatic rings. The van der Waals surface area contributed by atoms with Crippen LogP contribution >= 0.6 is 0 Å². The van der Waals surface area contributed by atoms with Crippen molar-refractivity contribution >= 4 is 17.5 Å². The van der Waals surface area contributed by atoms with E-state index in [0.717, 1.165) is 42.4 Å². The molecule has 0 N–H and O–H groups in total. The SMILES string of the molecule is CCc1ccc(C(=O)N2CCN(c3nnc4cccc(C)n34)CC2)cc1. The molecule has 4 rings (SSSR count). The molecule has 0 aliphatic carbocycles. The van der Waals surface area contributed by atoms with Gasteiger partial charge in [-0.15, -0.1) is 10.2 Å². The van der Waals surface area contributed by atoms with Gasteiger partial charge in [-0.25, -0.2) is 0 Å². The molecular formula is C20H23N5O. The smallest absolute Gasteiger partial charge is 0.253 e. The van der Waals surface area contributed by atoms with Crippen molar-refractivity contribution in [2.24, 2.45) is 0 Å². The Hall–Kier alpha value is -2.89. The molecule has 26 heavy (non-hydrogen) atoms. The predicted octanol–water partition coefficient (Wildman–Crippen LogP) is 2.56. The largest absolute Gasteiger partial charge is 0.337 e. The molecule has 0 atom stereocenters. The third kappa shape index (κ3) is 2.92. The standard InChI is InChI=1S/C20H23N5O/c1-3-16-7-9-17(10-8-16)19(26)23-11-13-24(14-12-23)20-22-21-18-6-4-5-15(2)25(18)20/h4-10H,3,11-14H2,1-2H3. The lowest BCUT2D eigenvalue weighted by Crippen LogP contribution is -2.49. The molecule has 0 spiro atoms.